The lowest BCUT2D eigenvalue weighted by Crippen LogP contribution is -2.60. The van der Waals surface area contributed by atoms with E-state index in [-0.39, 0.29) is 12.3 Å². The smallest absolute Gasteiger partial charge is 0.326 e. The van der Waals surface area contributed by atoms with E-state index in [1.165, 1.54) is 19.4 Å². The molecule has 5 atom stereocenters. The van der Waals surface area contributed by atoms with Crippen molar-refractivity contribution in [2.45, 2.75) is 63.9 Å². The van der Waals surface area contributed by atoms with E-state index in [2.05, 4.69) is 25.9 Å². The fourth-order valence-electron chi connectivity index (χ4n) is 2.72. The number of aliphatic hydroxyl groups excluding tert-OH is 1. The maximum Gasteiger partial charge on any atom is 0.326 e. The number of hydrogen-bond donors (Lipinski definition) is 8. The number of carbonyl (C=O) groups excluding carboxylic acids is 4. The minimum absolute atomic E-state index is 0.132. The third kappa shape index (κ3) is 8.86. The number of aliphatic hydroxyl groups is 1. The lowest BCUT2D eigenvalue weighted by atomic mass is 10.0. The second kappa shape index (κ2) is 12.5. The number of primary amides is 1. The molecule has 0 aliphatic rings. The fraction of sp³-hybridized carbons (Fsp3) is 0.579. The monoisotopic (exact) mass is 469 g/mol. The second-order valence-corrected chi connectivity index (χ2v) is 7.91. The first kappa shape index (κ1) is 27.5. The van der Waals surface area contributed by atoms with Crippen LogP contribution < -0.4 is 27.4 Å². The molecule has 0 aliphatic carbocycles. The number of nitrogens with two attached hydrogens (primary N) is 2. The van der Waals surface area contributed by atoms with Crippen molar-refractivity contribution in [1.82, 2.24) is 25.9 Å². The Hall–Kier alpha value is -3.52. The summed E-state index contributed by atoms with van der Waals surface area (Å²) in [6, 6.07) is -5.34. The first-order chi connectivity index (χ1) is 15.3. The van der Waals surface area contributed by atoms with Gasteiger partial charge < -0.3 is 42.6 Å². The van der Waals surface area contributed by atoms with E-state index >= 15 is 0 Å². The summed E-state index contributed by atoms with van der Waals surface area (Å²) in [6.07, 6.45) is 0.592. The Morgan fingerprint density at radius 3 is 2.09 bits per heavy atom. The van der Waals surface area contributed by atoms with Crippen LogP contribution in [0.2, 0.25) is 0 Å². The SMILES string of the molecule is CC(C)C(N)C(=O)NC(C(=O)NC(Cc1cnc[nH]1)C(=O)NC(CC(N)=O)C(=O)O)C(C)O. The van der Waals surface area contributed by atoms with E-state index in [1.807, 2.05) is 0 Å². The van der Waals surface area contributed by atoms with Crippen LogP contribution in [-0.4, -0.2) is 80.1 Å². The molecule has 14 nitrogen and oxygen atoms in total. The van der Waals surface area contributed by atoms with Gasteiger partial charge in [-0.1, -0.05) is 13.8 Å². The van der Waals surface area contributed by atoms with E-state index in [0.29, 0.717) is 5.69 Å². The van der Waals surface area contributed by atoms with Gasteiger partial charge in [-0.3, -0.25) is 19.2 Å². The molecule has 5 unspecified atom stereocenters. The number of hydrogen-bond acceptors (Lipinski definition) is 8. The molecular weight excluding hydrogens is 438 g/mol. The summed E-state index contributed by atoms with van der Waals surface area (Å²) in [5.41, 5.74) is 11.2. The van der Waals surface area contributed by atoms with Crippen LogP contribution in [0.5, 0.6) is 0 Å². The summed E-state index contributed by atoms with van der Waals surface area (Å²) in [6.45, 7) is 4.68. The highest BCUT2D eigenvalue weighted by Gasteiger charge is 2.33. The van der Waals surface area contributed by atoms with E-state index in [1.54, 1.807) is 13.8 Å². The van der Waals surface area contributed by atoms with Gasteiger partial charge >= 0.3 is 5.97 Å². The number of carboxylic acid groups (broad SMARTS) is 1. The lowest BCUT2D eigenvalue weighted by molar-refractivity contribution is -0.143. The van der Waals surface area contributed by atoms with Crippen molar-refractivity contribution < 1.29 is 34.2 Å². The minimum Gasteiger partial charge on any atom is -0.480 e. The van der Waals surface area contributed by atoms with Gasteiger partial charge in [0.1, 0.15) is 18.1 Å². The van der Waals surface area contributed by atoms with Crippen molar-refractivity contribution in [2.24, 2.45) is 17.4 Å². The molecule has 1 aromatic rings. The lowest BCUT2D eigenvalue weighted by Gasteiger charge is -2.26. The van der Waals surface area contributed by atoms with Crippen LogP contribution in [0, 0.1) is 5.92 Å². The Morgan fingerprint density at radius 1 is 1.03 bits per heavy atom. The zero-order valence-corrected chi connectivity index (χ0v) is 18.6. The van der Waals surface area contributed by atoms with Crippen LogP contribution >= 0.6 is 0 Å². The molecule has 14 heteroatoms. The van der Waals surface area contributed by atoms with Crippen molar-refractivity contribution in [3.63, 3.8) is 0 Å². The van der Waals surface area contributed by atoms with Crippen molar-refractivity contribution in [3.05, 3.63) is 18.2 Å². The zero-order valence-electron chi connectivity index (χ0n) is 18.6. The Balaban J connectivity index is 3.06. The van der Waals surface area contributed by atoms with E-state index in [9.17, 15) is 34.2 Å². The number of rotatable bonds is 13. The first-order valence-electron chi connectivity index (χ1n) is 10.2. The van der Waals surface area contributed by atoms with Gasteiger partial charge in [0.15, 0.2) is 0 Å². The number of nitrogens with one attached hydrogen (secondary N) is 4. The molecule has 1 aromatic heterocycles. The van der Waals surface area contributed by atoms with Crippen LogP contribution in [0.1, 0.15) is 32.9 Å². The maximum atomic E-state index is 12.8. The number of carbonyl (C=O) groups is 5. The maximum absolute atomic E-state index is 12.8. The minimum atomic E-state index is -1.62. The van der Waals surface area contributed by atoms with Gasteiger partial charge in [0.2, 0.25) is 23.6 Å². The number of H-pyrrole nitrogens is 1. The van der Waals surface area contributed by atoms with E-state index in [0.717, 1.165) is 0 Å². The van der Waals surface area contributed by atoms with Crippen LogP contribution in [0.25, 0.3) is 0 Å². The normalized spacial score (nSPS) is 15.6. The molecule has 184 valence electrons. The number of carboxylic acids is 1. The summed E-state index contributed by atoms with van der Waals surface area (Å²) >= 11 is 0. The highest BCUT2D eigenvalue weighted by molar-refractivity contribution is 5.95. The molecule has 10 N–H and O–H groups in total. The number of aromatic nitrogens is 2. The molecule has 0 fully saturated rings. The molecule has 1 heterocycles. The van der Waals surface area contributed by atoms with Crippen LogP contribution in [0.3, 0.4) is 0 Å². The molecule has 4 amide bonds. The van der Waals surface area contributed by atoms with Gasteiger partial charge in [0, 0.05) is 18.3 Å². The molecule has 0 bridgehead atoms. The first-order valence-corrected chi connectivity index (χ1v) is 10.2. The quantitative estimate of drug-likeness (QED) is 0.144. The molecule has 0 aromatic carbocycles. The van der Waals surface area contributed by atoms with E-state index in [4.69, 9.17) is 11.5 Å². The number of imidazole rings is 1. The molecule has 33 heavy (non-hydrogen) atoms. The number of aromatic amines is 1. The number of aliphatic carboxylic acids is 1. The van der Waals surface area contributed by atoms with Gasteiger partial charge in [0.05, 0.1) is 24.9 Å². The predicted molar refractivity (Wildman–Crippen MR) is 114 cm³/mol. The highest BCUT2D eigenvalue weighted by Crippen LogP contribution is 2.05. The van der Waals surface area contributed by atoms with Gasteiger partial charge in [-0.05, 0) is 12.8 Å². The summed E-state index contributed by atoms with van der Waals surface area (Å²) in [5, 5.41) is 26.1. The van der Waals surface area contributed by atoms with Gasteiger partial charge in [-0.25, -0.2) is 9.78 Å². The molecule has 0 radical (unpaired) electrons. The van der Waals surface area contributed by atoms with Crippen LogP contribution in [-0.2, 0) is 30.4 Å². The van der Waals surface area contributed by atoms with Crippen LogP contribution in [0.4, 0.5) is 0 Å². The number of amides is 4. The topological polar surface area (TPSA) is 243 Å². The third-order valence-electron chi connectivity index (χ3n) is 4.72. The van der Waals surface area contributed by atoms with Gasteiger partial charge in [-0.2, -0.15) is 0 Å². The highest BCUT2D eigenvalue weighted by atomic mass is 16.4. The molecule has 0 saturated heterocycles. The summed E-state index contributed by atoms with van der Waals surface area (Å²) < 4.78 is 0. The molecular formula is C19H31N7O7. The van der Waals surface area contributed by atoms with Gasteiger partial charge in [0.25, 0.3) is 0 Å². The average molecular weight is 469 g/mol. The third-order valence-corrected chi connectivity index (χ3v) is 4.72. The van der Waals surface area contributed by atoms with Crippen LogP contribution in [0.15, 0.2) is 12.5 Å². The molecule has 1 rings (SSSR count). The Kier molecular flexibility index (Phi) is 10.4. The largest absolute Gasteiger partial charge is 0.480 e. The summed E-state index contributed by atoms with van der Waals surface area (Å²) in [7, 11) is 0. The average Bonchev–Trinajstić information content (AvgIpc) is 3.22. The van der Waals surface area contributed by atoms with Crippen molar-refractivity contribution in [1.29, 1.82) is 0 Å². The Labute approximate surface area is 189 Å². The van der Waals surface area contributed by atoms with Crippen molar-refractivity contribution in [2.75, 3.05) is 0 Å². The zero-order chi connectivity index (χ0) is 25.3. The number of nitrogens with zero attached hydrogens (tertiary/aromatic N) is 1. The standard InChI is InChI=1S/C19H31N7O7/c1-8(2)14(21)17(30)26-15(9(3)27)18(31)24-11(4-10-6-22-7-23-10)16(29)25-12(19(32)33)5-13(20)28/h6-9,11-12,14-15,27H,4-5,21H2,1-3H3,(H2,20,28)(H,22,23)(H,24,31)(H,25,29)(H,26,30)(H,32,33). The van der Waals surface area contributed by atoms with Crippen molar-refractivity contribution >= 4 is 29.6 Å². The Bertz CT molecular complexity index is 842. The van der Waals surface area contributed by atoms with E-state index < -0.39 is 66.3 Å². The molecule has 0 aliphatic heterocycles. The summed E-state index contributed by atoms with van der Waals surface area (Å²) in [5.74, 6) is -5.19. The molecule has 0 saturated carbocycles. The predicted octanol–water partition coefficient (Wildman–Crippen LogP) is -3.27. The Morgan fingerprint density at radius 2 is 1.64 bits per heavy atom. The van der Waals surface area contributed by atoms with Gasteiger partial charge in [-0.15, -0.1) is 0 Å². The fourth-order valence-corrected chi connectivity index (χ4v) is 2.72. The summed E-state index contributed by atoms with van der Waals surface area (Å²) in [4.78, 5) is 66.9. The molecule has 0 spiro atoms. The van der Waals surface area contributed by atoms with Crippen molar-refractivity contribution in [3.8, 4) is 0 Å². The second-order valence-electron chi connectivity index (χ2n) is 7.91.